The van der Waals surface area contributed by atoms with Gasteiger partial charge in [0.2, 0.25) is 0 Å². The third kappa shape index (κ3) is 3.05. The van der Waals surface area contributed by atoms with Crippen LogP contribution in [-0.4, -0.2) is 17.8 Å². The molecular weight excluding hydrogens is 322 g/mol. The van der Waals surface area contributed by atoms with Crippen molar-refractivity contribution in [2.45, 2.75) is 44.9 Å². The van der Waals surface area contributed by atoms with Crippen LogP contribution in [0.1, 0.15) is 52.2 Å². The lowest BCUT2D eigenvalue weighted by Gasteiger charge is -2.13. The lowest BCUT2D eigenvalue weighted by Crippen LogP contribution is -2.29. The Bertz CT molecular complexity index is 455. The van der Waals surface area contributed by atoms with Crippen LogP contribution in [0.4, 0.5) is 0 Å². The normalized spacial score (nSPS) is 19.8. The lowest BCUT2D eigenvalue weighted by molar-refractivity contribution is 0.0948. The molecule has 4 heteroatoms. The Hall–Kier alpha value is -0.350. The average molecular weight is 342 g/mol. The highest BCUT2D eigenvalue weighted by Gasteiger charge is 2.41. The molecule has 0 radical (unpaired) electrons. The molecule has 0 aromatic carbocycles. The number of carbonyl (C=O) groups is 1. The molecule has 0 bridgehead atoms. The van der Waals surface area contributed by atoms with Gasteiger partial charge in [0.25, 0.3) is 5.91 Å². The van der Waals surface area contributed by atoms with Crippen molar-refractivity contribution in [3.8, 4) is 0 Å². The number of carbonyl (C=O) groups excluding carboxylic acids is 1. The number of nitrogens with one attached hydrogen (secondary N) is 1. The van der Waals surface area contributed by atoms with E-state index in [1.165, 1.54) is 49.0 Å². The number of alkyl halides is 1. The van der Waals surface area contributed by atoms with Gasteiger partial charge >= 0.3 is 0 Å². The van der Waals surface area contributed by atoms with E-state index >= 15 is 0 Å². The molecule has 1 heterocycles. The maximum Gasteiger partial charge on any atom is 0.261 e. The van der Waals surface area contributed by atoms with Crippen LogP contribution in [0.2, 0.25) is 0 Å². The maximum atomic E-state index is 12.2. The van der Waals surface area contributed by atoms with Crippen molar-refractivity contribution in [1.29, 1.82) is 0 Å². The molecule has 1 fully saturated rings. The Morgan fingerprint density at radius 2 is 2.16 bits per heavy atom. The van der Waals surface area contributed by atoms with Gasteiger partial charge in [-0.25, -0.2) is 0 Å². The molecule has 0 atom stereocenters. The summed E-state index contributed by atoms with van der Waals surface area (Å²) in [7, 11) is 0. The van der Waals surface area contributed by atoms with E-state index in [4.69, 9.17) is 0 Å². The second-order valence-electron chi connectivity index (χ2n) is 5.89. The van der Waals surface area contributed by atoms with E-state index in [1.54, 1.807) is 11.3 Å². The molecular formula is C15H20BrNOS. The molecule has 2 aliphatic carbocycles. The molecule has 2 nitrogen and oxygen atoms in total. The van der Waals surface area contributed by atoms with Crippen molar-refractivity contribution in [1.82, 2.24) is 5.32 Å². The van der Waals surface area contributed by atoms with Gasteiger partial charge < -0.3 is 5.32 Å². The van der Waals surface area contributed by atoms with Crippen LogP contribution in [0.15, 0.2) is 6.07 Å². The van der Waals surface area contributed by atoms with E-state index in [9.17, 15) is 4.79 Å². The number of hydrogen-bond acceptors (Lipinski definition) is 2. The van der Waals surface area contributed by atoms with Crippen molar-refractivity contribution < 1.29 is 4.79 Å². The van der Waals surface area contributed by atoms with Crippen LogP contribution in [-0.2, 0) is 12.8 Å². The first-order chi connectivity index (χ1) is 9.22. The molecule has 1 N–H and O–H groups in total. The summed E-state index contributed by atoms with van der Waals surface area (Å²) in [6.45, 7) is 0.847. The monoisotopic (exact) mass is 341 g/mol. The SMILES string of the molecule is O=C(NCC1(CCBr)CC1)c1cc2c(s1)CCCC2. The minimum Gasteiger partial charge on any atom is -0.351 e. The Morgan fingerprint density at radius 1 is 1.37 bits per heavy atom. The maximum absolute atomic E-state index is 12.2. The molecule has 19 heavy (non-hydrogen) atoms. The zero-order valence-corrected chi connectivity index (χ0v) is 13.5. The first kappa shape index (κ1) is 13.6. The molecule has 3 rings (SSSR count). The van der Waals surface area contributed by atoms with Gasteiger partial charge in [-0.1, -0.05) is 15.9 Å². The van der Waals surface area contributed by atoms with E-state index in [0.29, 0.717) is 5.41 Å². The Balaban J connectivity index is 1.59. The fourth-order valence-corrected chi connectivity index (χ4v) is 4.86. The molecule has 0 unspecified atom stereocenters. The number of rotatable bonds is 5. The highest BCUT2D eigenvalue weighted by Crippen LogP contribution is 2.48. The Kier molecular flexibility index (Phi) is 3.99. The predicted octanol–water partition coefficient (Wildman–Crippen LogP) is 3.92. The highest BCUT2D eigenvalue weighted by molar-refractivity contribution is 9.09. The van der Waals surface area contributed by atoms with Gasteiger partial charge in [0, 0.05) is 16.8 Å². The average Bonchev–Trinajstić information content (AvgIpc) is 3.04. The van der Waals surface area contributed by atoms with Gasteiger partial charge in [0.15, 0.2) is 0 Å². The summed E-state index contributed by atoms with van der Waals surface area (Å²) in [5, 5.41) is 4.18. The summed E-state index contributed by atoms with van der Waals surface area (Å²) >= 11 is 5.21. The number of amides is 1. The molecule has 1 amide bonds. The van der Waals surface area contributed by atoms with E-state index < -0.39 is 0 Å². The molecule has 104 valence electrons. The molecule has 1 aromatic heterocycles. The minimum absolute atomic E-state index is 0.139. The third-order valence-electron chi connectivity index (χ3n) is 4.43. The third-order valence-corrected chi connectivity index (χ3v) is 6.06. The molecule has 0 spiro atoms. The van der Waals surface area contributed by atoms with Gasteiger partial charge in [0.05, 0.1) is 4.88 Å². The van der Waals surface area contributed by atoms with Crippen molar-refractivity contribution in [2.75, 3.05) is 11.9 Å². The largest absolute Gasteiger partial charge is 0.351 e. The van der Waals surface area contributed by atoms with Crippen molar-refractivity contribution >= 4 is 33.2 Å². The molecule has 0 aliphatic heterocycles. The summed E-state index contributed by atoms with van der Waals surface area (Å²) in [4.78, 5) is 14.6. The number of halogens is 1. The first-order valence-corrected chi connectivity index (χ1v) is 9.12. The highest BCUT2D eigenvalue weighted by atomic mass is 79.9. The number of hydrogen-bond donors (Lipinski definition) is 1. The topological polar surface area (TPSA) is 29.1 Å². The second kappa shape index (κ2) is 5.57. The van der Waals surface area contributed by atoms with Crippen molar-refractivity contribution in [3.63, 3.8) is 0 Å². The Labute approximate surface area is 127 Å². The molecule has 1 aromatic rings. The summed E-state index contributed by atoms with van der Waals surface area (Å²) in [5.74, 6) is 0.139. The van der Waals surface area contributed by atoms with Crippen molar-refractivity contribution in [3.05, 3.63) is 21.4 Å². The summed E-state index contributed by atoms with van der Waals surface area (Å²) in [5.41, 5.74) is 1.82. The van der Waals surface area contributed by atoms with E-state index in [2.05, 4.69) is 27.3 Å². The zero-order chi connectivity index (χ0) is 13.3. The van der Waals surface area contributed by atoms with E-state index in [1.807, 2.05) is 0 Å². The summed E-state index contributed by atoms with van der Waals surface area (Å²) in [6.07, 6.45) is 8.59. The van der Waals surface area contributed by atoms with Crippen LogP contribution < -0.4 is 5.32 Å². The second-order valence-corrected chi connectivity index (χ2v) is 7.82. The van der Waals surface area contributed by atoms with Crippen LogP contribution in [0.5, 0.6) is 0 Å². The number of fused-ring (bicyclic) bond motifs is 1. The van der Waals surface area contributed by atoms with Crippen LogP contribution in [0.3, 0.4) is 0 Å². The van der Waals surface area contributed by atoms with Crippen LogP contribution >= 0.6 is 27.3 Å². The standard InChI is InChI=1S/C15H20BrNOS/c16-8-7-15(5-6-15)10-17-14(18)13-9-11-3-1-2-4-12(11)19-13/h9H,1-8,10H2,(H,17,18). The predicted molar refractivity (Wildman–Crippen MR) is 83.4 cm³/mol. The Morgan fingerprint density at radius 3 is 2.84 bits per heavy atom. The van der Waals surface area contributed by atoms with Crippen molar-refractivity contribution in [2.24, 2.45) is 5.41 Å². The summed E-state index contributed by atoms with van der Waals surface area (Å²) < 4.78 is 0. The van der Waals surface area contributed by atoms with Crippen LogP contribution in [0, 0.1) is 5.41 Å². The minimum atomic E-state index is 0.139. The van der Waals surface area contributed by atoms with E-state index in [0.717, 1.165) is 23.2 Å². The number of thiophene rings is 1. The van der Waals surface area contributed by atoms with Crippen LogP contribution in [0.25, 0.3) is 0 Å². The molecule has 2 aliphatic rings. The van der Waals surface area contributed by atoms with Gasteiger partial charge in [-0.05, 0) is 62.0 Å². The van der Waals surface area contributed by atoms with Gasteiger partial charge in [0.1, 0.15) is 0 Å². The van der Waals surface area contributed by atoms with E-state index in [-0.39, 0.29) is 5.91 Å². The van der Waals surface area contributed by atoms with Gasteiger partial charge in [-0.15, -0.1) is 11.3 Å². The number of aryl methyl sites for hydroxylation is 2. The first-order valence-electron chi connectivity index (χ1n) is 7.18. The molecule has 0 saturated heterocycles. The fraction of sp³-hybridized carbons (Fsp3) is 0.667. The zero-order valence-electron chi connectivity index (χ0n) is 11.1. The summed E-state index contributed by atoms with van der Waals surface area (Å²) in [6, 6.07) is 2.12. The quantitative estimate of drug-likeness (QED) is 0.808. The van der Waals surface area contributed by atoms with Gasteiger partial charge in [-0.2, -0.15) is 0 Å². The van der Waals surface area contributed by atoms with Gasteiger partial charge in [-0.3, -0.25) is 4.79 Å². The lowest BCUT2D eigenvalue weighted by atomic mass is 9.99. The fourth-order valence-electron chi connectivity index (χ4n) is 2.85. The smallest absolute Gasteiger partial charge is 0.261 e. The molecule has 1 saturated carbocycles.